The molecule has 1 aromatic carbocycles. The standard InChI is InChI=1S/C24H26FNO3/c1-2-28-24(27)19-12-21(25)23(26-13-19)29-20-5-3-16(4-6-20)22-17-8-14-7-15(10-17)11-18(22)9-14/h3-6,12-15,17-18,22H,2,7-11H2,1H3. The minimum absolute atomic E-state index is 0.0777. The van der Waals surface area contributed by atoms with Gasteiger partial charge in [0.25, 0.3) is 5.88 Å². The molecule has 0 spiro atoms. The molecule has 4 fully saturated rings. The summed E-state index contributed by atoms with van der Waals surface area (Å²) in [5, 5.41) is 0. The fourth-order valence-corrected chi connectivity index (χ4v) is 6.17. The zero-order valence-electron chi connectivity index (χ0n) is 16.6. The first kappa shape index (κ1) is 18.6. The highest BCUT2D eigenvalue weighted by atomic mass is 19.1. The second-order valence-electron chi connectivity index (χ2n) is 8.86. The van der Waals surface area contributed by atoms with Gasteiger partial charge in [-0.05, 0) is 92.4 Å². The molecule has 2 aromatic rings. The summed E-state index contributed by atoms with van der Waals surface area (Å²) in [5.74, 6) is 3.38. The summed E-state index contributed by atoms with van der Waals surface area (Å²) in [6.45, 7) is 1.93. The average Bonchev–Trinajstić information content (AvgIpc) is 2.70. The average molecular weight is 395 g/mol. The number of rotatable bonds is 5. The van der Waals surface area contributed by atoms with E-state index in [1.54, 1.807) is 6.92 Å². The molecule has 4 nitrogen and oxygen atoms in total. The van der Waals surface area contributed by atoms with Crippen molar-refractivity contribution in [1.29, 1.82) is 0 Å². The van der Waals surface area contributed by atoms with Crippen molar-refractivity contribution in [2.45, 2.75) is 44.9 Å². The molecule has 4 saturated carbocycles. The minimum Gasteiger partial charge on any atom is -0.462 e. The predicted molar refractivity (Wildman–Crippen MR) is 106 cm³/mol. The Morgan fingerprint density at radius 3 is 2.31 bits per heavy atom. The molecule has 29 heavy (non-hydrogen) atoms. The summed E-state index contributed by atoms with van der Waals surface area (Å²) < 4.78 is 24.8. The quantitative estimate of drug-likeness (QED) is 0.607. The molecule has 0 radical (unpaired) electrons. The van der Waals surface area contributed by atoms with Crippen LogP contribution in [0, 0.1) is 29.5 Å². The number of hydrogen-bond donors (Lipinski definition) is 0. The van der Waals surface area contributed by atoms with Crippen LogP contribution in [-0.2, 0) is 4.74 Å². The van der Waals surface area contributed by atoms with Gasteiger partial charge in [0.2, 0.25) is 0 Å². The van der Waals surface area contributed by atoms with E-state index in [0.717, 1.165) is 29.7 Å². The van der Waals surface area contributed by atoms with E-state index in [1.165, 1.54) is 43.9 Å². The van der Waals surface area contributed by atoms with Crippen LogP contribution in [0.25, 0.3) is 0 Å². The fraction of sp³-hybridized carbons (Fsp3) is 0.500. The van der Waals surface area contributed by atoms with Crippen LogP contribution in [0.15, 0.2) is 36.5 Å². The molecule has 0 atom stereocenters. The fourth-order valence-electron chi connectivity index (χ4n) is 6.17. The Bertz CT molecular complexity index is 883. The van der Waals surface area contributed by atoms with Crippen LogP contribution in [0.2, 0.25) is 0 Å². The highest BCUT2D eigenvalue weighted by Crippen LogP contribution is 2.59. The number of ether oxygens (including phenoxy) is 2. The van der Waals surface area contributed by atoms with Gasteiger partial charge in [0, 0.05) is 6.20 Å². The molecule has 5 heteroatoms. The van der Waals surface area contributed by atoms with Crippen LogP contribution in [-0.4, -0.2) is 17.6 Å². The van der Waals surface area contributed by atoms with Gasteiger partial charge in [-0.25, -0.2) is 14.2 Å². The van der Waals surface area contributed by atoms with Gasteiger partial charge in [-0.15, -0.1) is 0 Å². The maximum atomic E-state index is 14.3. The number of aromatic nitrogens is 1. The van der Waals surface area contributed by atoms with Crippen molar-refractivity contribution in [2.75, 3.05) is 6.61 Å². The predicted octanol–water partition coefficient (Wildman–Crippen LogP) is 5.73. The third kappa shape index (κ3) is 3.52. The number of hydrogen-bond acceptors (Lipinski definition) is 4. The Kier molecular flexibility index (Phi) is 4.76. The lowest BCUT2D eigenvalue weighted by Crippen LogP contribution is -2.43. The molecular weight excluding hydrogens is 369 g/mol. The number of carbonyl (C=O) groups excluding carboxylic acids is 1. The first-order valence-electron chi connectivity index (χ1n) is 10.7. The number of halogens is 1. The maximum absolute atomic E-state index is 14.3. The summed E-state index contributed by atoms with van der Waals surface area (Å²) in [5.41, 5.74) is 1.46. The van der Waals surface area contributed by atoms with Crippen molar-refractivity contribution >= 4 is 5.97 Å². The Labute approximate surface area is 170 Å². The summed E-state index contributed by atoms with van der Waals surface area (Å²) in [6, 6.07) is 9.17. The van der Waals surface area contributed by atoms with Gasteiger partial charge >= 0.3 is 5.97 Å². The summed E-state index contributed by atoms with van der Waals surface area (Å²) in [4.78, 5) is 15.6. The van der Waals surface area contributed by atoms with E-state index in [4.69, 9.17) is 9.47 Å². The number of carbonyl (C=O) groups is 1. The molecule has 0 saturated heterocycles. The molecule has 1 aromatic heterocycles. The van der Waals surface area contributed by atoms with Gasteiger partial charge in [0.05, 0.1) is 12.2 Å². The lowest BCUT2D eigenvalue weighted by Gasteiger charge is -2.54. The van der Waals surface area contributed by atoms with Crippen molar-refractivity contribution in [3.63, 3.8) is 0 Å². The number of esters is 1. The molecule has 0 unspecified atom stereocenters. The monoisotopic (exact) mass is 395 g/mol. The minimum atomic E-state index is -0.680. The lowest BCUT2D eigenvalue weighted by atomic mass is 9.51. The van der Waals surface area contributed by atoms with Crippen LogP contribution >= 0.6 is 0 Å². The number of benzene rings is 1. The molecule has 4 aliphatic carbocycles. The van der Waals surface area contributed by atoms with E-state index in [1.807, 2.05) is 12.1 Å². The van der Waals surface area contributed by atoms with Crippen LogP contribution in [0.1, 0.15) is 60.9 Å². The van der Waals surface area contributed by atoms with E-state index in [9.17, 15) is 9.18 Å². The van der Waals surface area contributed by atoms with E-state index in [-0.39, 0.29) is 18.1 Å². The molecule has 4 aliphatic rings. The van der Waals surface area contributed by atoms with Crippen LogP contribution < -0.4 is 4.74 Å². The van der Waals surface area contributed by atoms with Crippen molar-refractivity contribution in [1.82, 2.24) is 4.98 Å². The third-order valence-corrected chi connectivity index (χ3v) is 7.02. The van der Waals surface area contributed by atoms with Gasteiger partial charge in [-0.1, -0.05) is 12.1 Å². The molecule has 6 rings (SSSR count). The van der Waals surface area contributed by atoms with E-state index in [2.05, 4.69) is 17.1 Å². The van der Waals surface area contributed by atoms with Gasteiger partial charge in [-0.3, -0.25) is 0 Å². The van der Waals surface area contributed by atoms with Crippen molar-refractivity contribution in [3.8, 4) is 11.6 Å². The Hall–Kier alpha value is -2.43. The summed E-state index contributed by atoms with van der Waals surface area (Å²) in [7, 11) is 0. The normalized spacial score (nSPS) is 29.7. The largest absolute Gasteiger partial charge is 0.462 e. The Balaban J connectivity index is 1.29. The van der Waals surface area contributed by atoms with E-state index >= 15 is 0 Å². The maximum Gasteiger partial charge on any atom is 0.339 e. The van der Waals surface area contributed by atoms with Crippen molar-refractivity contribution in [2.24, 2.45) is 23.7 Å². The second kappa shape index (κ2) is 7.43. The molecule has 1 heterocycles. The zero-order chi connectivity index (χ0) is 20.0. The van der Waals surface area contributed by atoms with E-state index < -0.39 is 11.8 Å². The van der Waals surface area contributed by atoms with Crippen LogP contribution in [0.4, 0.5) is 4.39 Å². The highest BCUT2D eigenvalue weighted by Gasteiger charge is 2.48. The molecule has 0 N–H and O–H groups in total. The van der Waals surface area contributed by atoms with Crippen LogP contribution in [0.5, 0.6) is 11.6 Å². The first-order chi connectivity index (χ1) is 14.1. The molecular formula is C24H26FNO3. The highest BCUT2D eigenvalue weighted by molar-refractivity contribution is 5.89. The number of nitrogens with zero attached hydrogens (tertiary/aromatic N) is 1. The Morgan fingerprint density at radius 1 is 1.07 bits per heavy atom. The smallest absolute Gasteiger partial charge is 0.339 e. The third-order valence-electron chi connectivity index (χ3n) is 7.02. The van der Waals surface area contributed by atoms with Gasteiger partial charge in [0.1, 0.15) is 5.75 Å². The summed E-state index contributed by atoms with van der Waals surface area (Å²) >= 11 is 0. The molecule has 0 amide bonds. The topological polar surface area (TPSA) is 48.4 Å². The van der Waals surface area contributed by atoms with Gasteiger partial charge in [0.15, 0.2) is 5.82 Å². The molecule has 4 bridgehead atoms. The van der Waals surface area contributed by atoms with E-state index in [0.29, 0.717) is 11.7 Å². The SMILES string of the molecule is CCOC(=O)c1cnc(Oc2ccc(C3C4CC5CC(C4)CC3C5)cc2)c(F)c1. The van der Waals surface area contributed by atoms with Crippen LogP contribution in [0.3, 0.4) is 0 Å². The molecule has 0 aliphatic heterocycles. The van der Waals surface area contributed by atoms with Crippen molar-refractivity contribution in [3.05, 3.63) is 53.5 Å². The van der Waals surface area contributed by atoms with Crippen molar-refractivity contribution < 1.29 is 18.7 Å². The second-order valence-corrected chi connectivity index (χ2v) is 8.86. The summed E-state index contributed by atoms with van der Waals surface area (Å²) in [6.07, 6.45) is 8.28. The number of pyridine rings is 1. The lowest BCUT2D eigenvalue weighted by molar-refractivity contribution is -0.00279. The van der Waals surface area contributed by atoms with Gasteiger partial charge < -0.3 is 9.47 Å². The first-order valence-corrected chi connectivity index (χ1v) is 10.7. The molecule has 152 valence electrons. The Morgan fingerprint density at radius 2 is 1.72 bits per heavy atom. The van der Waals surface area contributed by atoms with Gasteiger partial charge in [-0.2, -0.15) is 0 Å². The zero-order valence-corrected chi connectivity index (χ0v) is 16.6.